The van der Waals surface area contributed by atoms with Crippen LogP contribution in [0.1, 0.15) is 39.5 Å². The molecule has 1 amide bonds. The molecule has 0 bridgehead atoms. The Morgan fingerprint density at radius 2 is 1.84 bits per heavy atom. The van der Waals surface area contributed by atoms with Gasteiger partial charge in [-0.2, -0.15) is 11.8 Å². The number of hydrogen-bond donors (Lipinski definition) is 1. The Morgan fingerprint density at radius 1 is 1.21 bits per heavy atom. The van der Waals surface area contributed by atoms with Gasteiger partial charge in [0.1, 0.15) is 0 Å². The van der Waals surface area contributed by atoms with Gasteiger partial charge in [0.05, 0.1) is 11.8 Å². The number of nitrogens with zero attached hydrogens (tertiary/aromatic N) is 1. The maximum Gasteiger partial charge on any atom is 0.307 e. The third-order valence-electron chi connectivity index (χ3n) is 4.14. The number of hydrogen-bond acceptors (Lipinski definition) is 3. The molecule has 1 saturated heterocycles. The quantitative estimate of drug-likeness (QED) is 0.845. The van der Waals surface area contributed by atoms with Gasteiger partial charge in [-0.15, -0.1) is 0 Å². The Balaban J connectivity index is 2.06. The van der Waals surface area contributed by atoms with Gasteiger partial charge in [0.25, 0.3) is 0 Å². The maximum absolute atomic E-state index is 12.6. The average Bonchev–Trinajstić information content (AvgIpc) is 2.36. The fraction of sp³-hybridized carbons (Fsp3) is 0.857. The van der Waals surface area contributed by atoms with Gasteiger partial charge in [-0.05, 0) is 26.7 Å². The van der Waals surface area contributed by atoms with Gasteiger partial charge >= 0.3 is 5.97 Å². The molecule has 0 spiro atoms. The van der Waals surface area contributed by atoms with E-state index >= 15 is 0 Å². The van der Waals surface area contributed by atoms with E-state index in [1.165, 1.54) is 0 Å². The largest absolute Gasteiger partial charge is 0.481 e. The molecule has 4 nitrogen and oxygen atoms in total. The lowest BCUT2D eigenvalue weighted by atomic mass is 9.78. The van der Waals surface area contributed by atoms with Crippen molar-refractivity contribution in [2.24, 2.45) is 11.8 Å². The van der Waals surface area contributed by atoms with Crippen molar-refractivity contribution in [3.05, 3.63) is 0 Å². The highest BCUT2D eigenvalue weighted by molar-refractivity contribution is 8.00. The lowest BCUT2D eigenvalue weighted by Crippen LogP contribution is -2.50. The van der Waals surface area contributed by atoms with E-state index < -0.39 is 11.9 Å². The monoisotopic (exact) mass is 285 g/mol. The van der Waals surface area contributed by atoms with E-state index in [4.69, 9.17) is 0 Å². The zero-order chi connectivity index (χ0) is 14.0. The zero-order valence-corrected chi connectivity index (χ0v) is 12.5. The van der Waals surface area contributed by atoms with Crippen LogP contribution in [0.5, 0.6) is 0 Å². The van der Waals surface area contributed by atoms with Gasteiger partial charge in [-0.25, -0.2) is 0 Å². The van der Waals surface area contributed by atoms with E-state index in [-0.39, 0.29) is 16.6 Å². The first-order valence-corrected chi connectivity index (χ1v) is 8.05. The van der Waals surface area contributed by atoms with Crippen molar-refractivity contribution in [2.45, 2.75) is 44.3 Å². The molecule has 1 aliphatic carbocycles. The number of carboxylic acids is 1. The van der Waals surface area contributed by atoms with Gasteiger partial charge in [0.15, 0.2) is 0 Å². The molecule has 1 aliphatic heterocycles. The summed E-state index contributed by atoms with van der Waals surface area (Å²) in [6.45, 7) is 5.79. The highest BCUT2D eigenvalue weighted by Gasteiger charge is 2.40. The summed E-state index contributed by atoms with van der Waals surface area (Å²) < 4.78 is 0.0846. The van der Waals surface area contributed by atoms with Crippen molar-refractivity contribution in [3.8, 4) is 0 Å². The van der Waals surface area contributed by atoms with Crippen LogP contribution in [0.2, 0.25) is 0 Å². The molecule has 0 aromatic heterocycles. The Labute approximate surface area is 118 Å². The van der Waals surface area contributed by atoms with Crippen LogP contribution in [0.15, 0.2) is 0 Å². The number of carbonyl (C=O) groups is 2. The molecule has 0 radical (unpaired) electrons. The predicted octanol–water partition coefficient (Wildman–Crippen LogP) is 2.23. The van der Waals surface area contributed by atoms with Gasteiger partial charge in [0.2, 0.25) is 5.91 Å². The lowest BCUT2D eigenvalue weighted by Gasteiger charge is -2.40. The number of thioether (sulfide) groups is 1. The van der Waals surface area contributed by atoms with Crippen LogP contribution in [-0.2, 0) is 9.59 Å². The van der Waals surface area contributed by atoms with Gasteiger partial charge < -0.3 is 10.0 Å². The molecule has 0 aromatic rings. The number of carboxylic acid groups (broad SMARTS) is 1. The van der Waals surface area contributed by atoms with E-state index in [2.05, 4.69) is 13.8 Å². The third kappa shape index (κ3) is 3.44. The van der Waals surface area contributed by atoms with E-state index in [1.807, 2.05) is 16.7 Å². The SMILES string of the molecule is CC1(C)CN(C(=O)C2CCCCC2C(=O)O)CCS1. The van der Waals surface area contributed by atoms with Crippen LogP contribution in [0.3, 0.4) is 0 Å². The summed E-state index contributed by atoms with van der Waals surface area (Å²) in [4.78, 5) is 25.8. The van der Waals surface area contributed by atoms with Crippen LogP contribution >= 0.6 is 11.8 Å². The van der Waals surface area contributed by atoms with Gasteiger partial charge in [0, 0.05) is 23.6 Å². The normalized spacial score (nSPS) is 30.9. The highest BCUT2D eigenvalue weighted by atomic mass is 32.2. The van der Waals surface area contributed by atoms with Crippen molar-refractivity contribution in [2.75, 3.05) is 18.8 Å². The Kier molecular flexibility index (Phi) is 4.43. The number of carbonyl (C=O) groups excluding carboxylic acids is 1. The van der Waals surface area contributed by atoms with E-state index in [0.717, 1.165) is 38.1 Å². The number of amides is 1. The molecule has 2 unspecified atom stereocenters. The summed E-state index contributed by atoms with van der Waals surface area (Å²) in [5.74, 6) is -0.559. The van der Waals surface area contributed by atoms with Crippen molar-refractivity contribution in [1.29, 1.82) is 0 Å². The molecule has 2 fully saturated rings. The number of aliphatic carboxylic acids is 1. The summed E-state index contributed by atoms with van der Waals surface area (Å²) in [5.41, 5.74) is 0. The fourth-order valence-corrected chi connectivity index (χ4v) is 4.27. The van der Waals surface area contributed by atoms with Crippen LogP contribution in [-0.4, -0.2) is 45.5 Å². The van der Waals surface area contributed by atoms with Crippen molar-refractivity contribution in [3.63, 3.8) is 0 Å². The predicted molar refractivity (Wildman–Crippen MR) is 76.2 cm³/mol. The minimum atomic E-state index is -0.802. The molecule has 1 saturated carbocycles. The Morgan fingerprint density at radius 3 is 2.42 bits per heavy atom. The zero-order valence-electron chi connectivity index (χ0n) is 11.7. The summed E-state index contributed by atoms with van der Waals surface area (Å²) in [6.07, 6.45) is 3.30. The average molecular weight is 285 g/mol. The Hall–Kier alpha value is -0.710. The maximum atomic E-state index is 12.6. The first-order valence-electron chi connectivity index (χ1n) is 7.06. The van der Waals surface area contributed by atoms with Crippen LogP contribution in [0.25, 0.3) is 0 Å². The van der Waals surface area contributed by atoms with Crippen molar-refractivity contribution < 1.29 is 14.7 Å². The molecule has 2 atom stereocenters. The standard InChI is InChI=1S/C14H23NO3S/c1-14(2)9-15(7-8-19-14)12(16)10-5-3-4-6-11(10)13(17)18/h10-11H,3-9H2,1-2H3,(H,17,18). The highest BCUT2D eigenvalue weighted by Crippen LogP contribution is 2.35. The van der Waals surface area contributed by atoms with Crippen molar-refractivity contribution >= 4 is 23.6 Å². The first kappa shape index (κ1) is 14.7. The smallest absolute Gasteiger partial charge is 0.307 e. The van der Waals surface area contributed by atoms with Crippen LogP contribution in [0.4, 0.5) is 0 Å². The van der Waals surface area contributed by atoms with Crippen molar-refractivity contribution in [1.82, 2.24) is 4.90 Å². The molecule has 2 rings (SSSR count). The molecule has 2 aliphatic rings. The summed E-state index contributed by atoms with van der Waals surface area (Å²) in [6, 6.07) is 0. The molecule has 5 heteroatoms. The second-order valence-electron chi connectivity index (χ2n) is 6.20. The summed E-state index contributed by atoms with van der Waals surface area (Å²) >= 11 is 1.89. The van der Waals surface area contributed by atoms with Crippen LogP contribution in [0, 0.1) is 11.8 Å². The molecule has 1 N–H and O–H groups in total. The minimum Gasteiger partial charge on any atom is -0.481 e. The molecular formula is C14H23NO3S. The fourth-order valence-electron chi connectivity index (χ4n) is 3.16. The minimum absolute atomic E-state index is 0.0699. The second-order valence-corrected chi connectivity index (χ2v) is 8.01. The lowest BCUT2D eigenvalue weighted by molar-refractivity contribution is -0.152. The van der Waals surface area contributed by atoms with Gasteiger partial charge in [-0.3, -0.25) is 9.59 Å². The summed E-state index contributed by atoms with van der Waals surface area (Å²) in [7, 11) is 0. The topological polar surface area (TPSA) is 57.6 Å². The second kappa shape index (κ2) is 5.73. The van der Waals surface area contributed by atoms with E-state index in [0.29, 0.717) is 6.42 Å². The molecule has 1 heterocycles. The van der Waals surface area contributed by atoms with Crippen LogP contribution < -0.4 is 0 Å². The third-order valence-corrected chi connectivity index (χ3v) is 5.43. The molecule has 108 valence electrons. The summed E-state index contributed by atoms with van der Waals surface area (Å²) in [5, 5.41) is 9.28. The first-order chi connectivity index (χ1) is 8.91. The Bertz CT molecular complexity index is 370. The van der Waals surface area contributed by atoms with E-state index in [9.17, 15) is 14.7 Å². The number of rotatable bonds is 2. The van der Waals surface area contributed by atoms with Gasteiger partial charge in [-0.1, -0.05) is 12.8 Å². The molecule has 19 heavy (non-hydrogen) atoms. The molecule has 0 aromatic carbocycles. The molecular weight excluding hydrogens is 262 g/mol. The van der Waals surface area contributed by atoms with E-state index in [1.54, 1.807) is 0 Å².